The highest BCUT2D eigenvalue weighted by Crippen LogP contribution is 2.48. The largest absolute Gasteiger partial charge is 0.497 e. The van der Waals surface area contributed by atoms with E-state index in [1.807, 2.05) is 6.07 Å². The normalized spacial score (nSPS) is 30.8. The molecule has 0 aromatic heterocycles. The van der Waals surface area contributed by atoms with Gasteiger partial charge in [-0.05, 0) is 49.1 Å². The van der Waals surface area contributed by atoms with Crippen molar-refractivity contribution in [3.05, 3.63) is 41.5 Å². The van der Waals surface area contributed by atoms with Gasteiger partial charge in [0.25, 0.3) is 0 Å². The topological polar surface area (TPSA) is 45.0 Å². The van der Waals surface area contributed by atoms with Crippen LogP contribution in [0.3, 0.4) is 0 Å². The Labute approximate surface area is 120 Å². The molecule has 20 heavy (non-hydrogen) atoms. The van der Waals surface area contributed by atoms with E-state index in [0.717, 1.165) is 31.6 Å². The average Bonchev–Trinajstić information content (AvgIpc) is 2.48. The Kier molecular flexibility index (Phi) is 3.50. The number of hydrogen-bond donors (Lipinski definition) is 1. The third-order valence-electron chi connectivity index (χ3n) is 4.81. The van der Waals surface area contributed by atoms with Gasteiger partial charge in [-0.25, -0.2) is 0 Å². The second-order valence-corrected chi connectivity index (χ2v) is 5.69. The van der Waals surface area contributed by atoms with Crippen molar-refractivity contribution in [1.29, 1.82) is 5.26 Å². The number of ether oxygens (including phenoxy) is 1. The van der Waals surface area contributed by atoms with Crippen molar-refractivity contribution in [2.75, 3.05) is 13.7 Å². The maximum Gasteiger partial charge on any atom is 0.119 e. The fraction of sp³-hybridized carbons (Fsp3) is 0.471. The van der Waals surface area contributed by atoms with Gasteiger partial charge in [0.15, 0.2) is 0 Å². The first-order chi connectivity index (χ1) is 9.80. The fourth-order valence-electron chi connectivity index (χ4n) is 3.87. The number of nitrogens with zero attached hydrogens (tertiary/aromatic N) is 1. The molecule has 1 aromatic carbocycles. The first-order valence-electron chi connectivity index (χ1n) is 7.28. The Bertz CT molecular complexity index is 561. The van der Waals surface area contributed by atoms with Crippen molar-refractivity contribution < 1.29 is 4.74 Å². The molecule has 1 saturated heterocycles. The summed E-state index contributed by atoms with van der Waals surface area (Å²) < 4.78 is 5.38. The fourth-order valence-corrected chi connectivity index (χ4v) is 3.87. The molecule has 1 saturated carbocycles. The van der Waals surface area contributed by atoms with E-state index < -0.39 is 0 Å². The third kappa shape index (κ3) is 2.01. The van der Waals surface area contributed by atoms with E-state index in [0.29, 0.717) is 6.04 Å². The molecule has 2 aliphatic rings. The minimum absolute atomic E-state index is 0.0262. The highest BCUT2D eigenvalue weighted by Gasteiger charge is 2.44. The SMILES string of the molecule is COc1cccc([C@]23CCC[C@H](NCC2)/C3=C\C#N)c1. The molecule has 3 rings (SSSR count). The molecule has 1 heterocycles. The number of nitriles is 1. The highest BCUT2D eigenvalue weighted by atomic mass is 16.5. The van der Waals surface area contributed by atoms with Gasteiger partial charge in [0.1, 0.15) is 5.75 Å². The number of methoxy groups -OCH3 is 1. The molecule has 1 aliphatic carbocycles. The lowest BCUT2D eigenvalue weighted by molar-refractivity contribution is 0.262. The predicted molar refractivity (Wildman–Crippen MR) is 78.6 cm³/mol. The van der Waals surface area contributed by atoms with Crippen LogP contribution in [0.2, 0.25) is 0 Å². The summed E-state index contributed by atoms with van der Waals surface area (Å²) in [5.41, 5.74) is 2.59. The summed E-state index contributed by atoms with van der Waals surface area (Å²) in [6.07, 6.45) is 6.31. The van der Waals surface area contributed by atoms with Gasteiger partial charge in [-0.3, -0.25) is 0 Å². The average molecular weight is 268 g/mol. The number of allylic oxidation sites excluding steroid dienone is 1. The Hall–Kier alpha value is -1.79. The van der Waals surface area contributed by atoms with Gasteiger partial charge in [0.2, 0.25) is 0 Å². The van der Waals surface area contributed by atoms with Crippen LogP contribution in [-0.4, -0.2) is 19.7 Å². The summed E-state index contributed by atoms with van der Waals surface area (Å²) in [5.74, 6) is 0.897. The van der Waals surface area contributed by atoms with E-state index in [1.54, 1.807) is 13.2 Å². The first-order valence-corrected chi connectivity index (χ1v) is 7.28. The molecule has 3 nitrogen and oxygen atoms in total. The van der Waals surface area contributed by atoms with E-state index in [4.69, 9.17) is 10.00 Å². The second kappa shape index (κ2) is 5.30. The maximum absolute atomic E-state index is 9.16. The van der Waals surface area contributed by atoms with Crippen LogP contribution in [0, 0.1) is 11.3 Å². The summed E-state index contributed by atoms with van der Waals surface area (Å²) in [4.78, 5) is 0. The molecule has 0 amide bonds. The second-order valence-electron chi connectivity index (χ2n) is 5.69. The molecular weight excluding hydrogens is 248 g/mol. The standard InChI is InChI=1S/C17H20N2O/c1-20-14-5-2-4-13(12-14)17-8-3-6-16(19-11-9-17)15(17)7-10-18/h2,4-5,7,12,16,19H,3,6,8-9,11H2,1H3/b15-7+/t16-,17-/m0/s1. The molecule has 2 atom stereocenters. The van der Waals surface area contributed by atoms with E-state index in [2.05, 4.69) is 29.6 Å². The molecular formula is C17H20N2O. The Balaban J connectivity index is 2.10. The summed E-state index contributed by atoms with van der Waals surface area (Å²) in [6, 6.07) is 11.0. The quantitative estimate of drug-likeness (QED) is 0.839. The molecule has 3 heteroatoms. The molecule has 0 unspecified atom stereocenters. The number of benzene rings is 1. The van der Waals surface area contributed by atoms with Crippen LogP contribution in [0.15, 0.2) is 35.9 Å². The smallest absolute Gasteiger partial charge is 0.119 e. The number of piperidine rings is 1. The Morgan fingerprint density at radius 1 is 1.45 bits per heavy atom. The van der Waals surface area contributed by atoms with Gasteiger partial charge in [0, 0.05) is 17.5 Å². The molecule has 1 aromatic rings. The lowest BCUT2D eigenvalue weighted by atomic mass is 9.60. The highest BCUT2D eigenvalue weighted by molar-refractivity contribution is 5.46. The van der Waals surface area contributed by atoms with Gasteiger partial charge in [-0.2, -0.15) is 5.26 Å². The van der Waals surface area contributed by atoms with Crippen molar-refractivity contribution in [3.63, 3.8) is 0 Å². The van der Waals surface area contributed by atoms with Crippen LogP contribution in [0.4, 0.5) is 0 Å². The van der Waals surface area contributed by atoms with Crippen molar-refractivity contribution >= 4 is 0 Å². The van der Waals surface area contributed by atoms with E-state index in [9.17, 15) is 0 Å². The van der Waals surface area contributed by atoms with Crippen LogP contribution in [0.1, 0.15) is 31.2 Å². The minimum atomic E-state index is 0.0262. The van der Waals surface area contributed by atoms with Crippen LogP contribution in [0.25, 0.3) is 0 Å². The summed E-state index contributed by atoms with van der Waals surface area (Å²) in [6.45, 7) is 1.02. The van der Waals surface area contributed by atoms with E-state index >= 15 is 0 Å². The first kappa shape index (κ1) is 13.2. The lowest BCUT2D eigenvalue weighted by Gasteiger charge is -2.48. The van der Waals surface area contributed by atoms with Gasteiger partial charge in [-0.15, -0.1) is 0 Å². The number of rotatable bonds is 2. The number of hydrogen-bond acceptors (Lipinski definition) is 3. The Morgan fingerprint density at radius 2 is 2.35 bits per heavy atom. The Morgan fingerprint density at radius 3 is 3.15 bits per heavy atom. The molecule has 2 fully saturated rings. The lowest BCUT2D eigenvalue weighted by Crippen LogP contribution is -2.51. The molecule has 0 spiro atoms. The number of nitrogens with one attached hydrogen (secondary N) is 1. The van der Waals surface area contributed by atoms with E-state index in [-0.39, 0.29) is 5.41 Å². The summed E-state index contributed by atoms with van der Waals surface area (Å²) in [7, 11) is 1.70. The van der Waals surface area contributed by atoms with Crippen LogP contribution >= 0.6 is 0 Å². The monoisotopic (exact) mass is 268 g/mol. The zero-order valence-electron chi connectivity index (χ0n) is 11.9. The van der Waals surface area contributed by atoms with Crippen molar-refractivity contribution in [2.24, 2.45) is 0 Å². The van der Waals surface area contributed by atoms with Gasteiger partial charge < -0.3 is 10.1 Å². The number of fused-ring (bicyclic) bond motifs is 2. The van der Waals surface area contributed by atoms with Crippen LogP contribution in [-0.2, 0) is 5.41 Å². The molecule has 2 bridgehead atoms. The van der Waals surface area contributed by atoms with Crippen LogP contribution in [0.5, 0.6) is 5.75 Å². The van der Waals surface area contributed by atoms with Gasteiger partial charge in [0.05, 0.1) is 13.2 Å². The zero-order chi connectivity index (χ0) is 14.0. The molecule has 0 radical (unpaired) electrons. The summed E-state index contributed by atoms with van der Waals surface area (Å²) in [5, 5.41) is 12.7. The molecule has 1 aliphatic heterocycles. The van der Waals surface area contributed by atoms with E-state index in [1.165, 1.54) is 17.6 Å². The van der Waals surface area contributed by atoms with Crippen LogP contribution < -0.4 is 10.1 Å². The predicted octanol–water partition coefficient (Wildman–Crippen LogP) is 2.93. The molecule has 1 N–H and O–H groups in total. The summed E-state index contributed by atoms with van der Waals surface area (Å²) >= 11 is 0. The van der Waals surface area contributed by atoms with Crippen molar-refractivity contribution in [3.8, 4) is 11.8 Å². The van der Waals surface area contributed by atoms with Crippen molar-refractivity contribution in [2.45, 2.75) is 37.1 Å². The van der Waals surface area contributed by atoms with Gasteiger partial charge >= 0.3 is 0 Å². The van der Waals surface area contributed by atoms with Crippen molar-refractivity contribution in [1.82, 2.24) is 5.32 Å². The minimum Gasteiger partial charge on any atom is -0.497 e. The molecule has 104 valence electrons. The maximum atomic E-state index is 9.16. The van der Waals surface area contributed by atoms with Gasteiger partial charge in [-0.1, -0.05) is 18.6 Å². The zero-order valence-corrected chi connectivity index (χ0v) is 11.9. The third-order valence-corrected chi connectivity index (χ3v) is 4.81.